The van der Waals surface area contributed by atoms with Crippen LogP contribution in [0.15, 0.2) is 29.3 Å². The van der Waals surface area contributed by atoms with Crippen LogP contribution >= 0.6 is 0 Å². The molecule has 1 amide bonds. The van der Waals surface area contributed by atoms with Crippen molar-refractivity contribution in [2.75, 3.05) is 33.9 Å². The third kappa shape index (κ3) is 7.97. The quantitative estimate of drug-likeness (QED) is 0.347. The van der Waals surface area contributed by atoms with Crippen LogP contribution in [0.2, 0.25) is 0 Å². The number of hydrogen-bond acceptors (Lipinski definition) is 3. The zero-order valence-corrected chi connectivity index (χ0v) is 15.0. The van der Waals surface area contributed by atoms with E-state index in [9.17, 15) is 4.79 Å². The lowest BCUT2D eigenvalue weighted by Gasteiger charge is -2.12. The second-order valence-electron chi connectivity index (χ2n) is 5.45. The number of benzene rings is 1. The van der Waals surface area contributed by atoms with Crippen molar-refractivity contribution in [3.05, 3.63) is 35.4 Å². The zero-order valence-electron chi connectivity index (χ0n) is 15.0. The molecule has 0 fully saturated rings. The zero-order chi connectivity index (χ0) is 17.6. The molecule has 1 aromatic rings. The smallest absolute Gasteiger partial charge is 0.251 e. The van der Waals surface area contributed by atoms with Gasteiger partial charge in [-0.25, -0.2) is 0 Å². The highest BCUT2D eigenvalue weighted by Gasteiger charge is 2.04. The Bertz CT molecular complexity index is 517. The Balaban J connectivity index is 2.30. The van der Waals surface area contributed by atoms with Crippen LogP contribution in [-0.2, 0) is 11.3 Å². The first kappa shape index (κ1) is 20.0. The van der Waals surface area contributed by atoms with Gasteiger partial charge in [-0.1, -0.05) is 25.5 Å². The summed E-state index contributed by atoms with van der Waals surface area (Å²) in [5, 5.41) is 9.14. The molecule has 0 aliphatic heterocycles. The van der Waals surface area contributed by atoms with Gasteiger partial charge in [0.15, 0.2) is 5.96 Å². The van der Waals surface area contributed by atoms with Crippen LogP contribution in [0.25, 0.3) is 0 Å². The summed E-state index contributed by atoms with van der Waals surface area (Å²) in [6.45, 7) is 5.18. The molecular formula is C18H30N4O2. The minimum atomic E-state index is -0.0811. The number of ether oxygens (including phenoxy) is 1. The maximum atomic E-state index is 11.6. The van der Waals surface area contributed by atoms with E-state index in [0.717, 1.165) is 50.5 Å². The second-order valence-corrected chi connectivity index (χ2v) is 5.45. The summed E-state index contributed by atoms with van der Waals surface area (Å²) < 4.78 is 5.53. The maximum Gasteiger partial charge on any atom is 0.251 e. The van der Waals surface area contributed by atoms with Crippen LogP contribution in [0.1, 0.15) is 42.1 Å². The Morgan fingerprint density at radius 3 is 2.71 bits per heavy atom. The Kier molecular flexibility index (Phi) is 10.3. The van der Waals surface area contributed by atoms with E-state index in [-0.39, 0.29) is 5.91 Å². The van der Waals surface area contributed by atoms with Crippen LogP contribution in [0.3, 0.4) is 0 Å². The van der Waals surface area contributed by atoms with Crippen molar-refractivity contribution in [3.63, 3.8) is 0 Å². The Morgan fingerprint density at radius 1 is 1.21 bits per heavy atom. The summed E-state index contributed by atoms with van der Waals surface area (Å²) in [5.74, 6) is 0.663. The number of guanidine groups is 1. The summed E-state index contributed by atoms with van der Waals surface area (Å²) in [6.07, 6.45) is 3.22. The minimum Gasteiger partial charge on any atom is -0.381 e. The Morgan fingerprint density at radius 2 is 2.00 bits per heavy atom. The Labute approximate surface area is 145 Å². The molecular weight excluding hydrogens is 304 g/mol. The minimum absolute atomic E-state index is 0.0811. The lowest BCUT2D eigenvalue weighted by atomic mass is 10.1. The van der Waals surface area contributed by atoms with E-state index in [0.29, 0.717) is 12.1 Å². The fraction of sp³-hybridized carbons (Fsp3) is 0.556. The molecule has 0 spiro atoms. The van der Waals surface area contributed by atoms with Crippen molar-refractivity contribution in [2.45, 2.75) is 32.7 Å². The number of carbonyl (C=O) groups excluding carboxylic acids is 1. The maximum absolute atomic E-state index is 11.6. The molecule has 0 saturated carbocycles. The highest BCUT2D eigenvalue weighted by atomic mass is 16.5. The van der Waals surface area contributed by atoms with Crippen molar-refractivity contribution in [1.29, 1.82) is 0 Å². The van der Waals surface area contributed by atoms with E-state index in [4.69, 9.17) is 4.74 Å². The predicted molar refractivity (Wildman–Crippen MR) is 98.4 cm³/mol. The van der Waals surface area contributed by atoms with Gasteiger partial charge in [0.2, 0.25) is 0 Å². The van der Waals surface area contributed by atoms with E-state index >= 15 is 0 Å². The highest BCUT2D eigenvalue weighted by molar-refractivity contribution is 5.94. The average molecular weight is 334 g/mol. The molecule has 0 bridgehead atoms. The normalized spacial score (nSPS) is 11.2. The van der Waals surface area contributed by atoms with E-state index in [2.05, 4.69) is 27.9 Å². The molecule has 0 heterocycles. The molecule has 6 nitrogen and oxygen atoms in total. The summed E-state index contributed by atoms with van der Waals surface area (Å²) in [4.78, 5) is 15.8. The third-order valence-corrected chi connectivity index (χ3v) is 3.50. The van der Waals surface area contributed by atoms with Crippen LogP contribution in [0, 0.1) is 0 Å². The predicted octanol–water partition coefficient (Wildman–Crippen LogP) is 1.92. The topological polar surface area (TPSA) is 74.8 Å². The number of hydrogen-bond donors (Lipinski definition) is 3. The highest BCUT2D eigenvalue weighted by Crippen LogP contribution is 2.05. The molecule has 0 aliphatic carbocycles. The summed E-state index contributed by atoms with van der Waals surface area (Å²) in [7, 11) is 3.37. The number of rotatable bonds is 10. The first-order chi connectivity index (χ1) is 11.7. The van der Waals surface area contributed by atoms with E-state index in [1.165, 1.54) is 0 Å². The number of nitrogens with one attached hydrogen (secondary N) is 3. The summed E-state index contributed by atoms with van der Waals surface area (Å²) in [5.41, 5.74) is 1.69. The van der Waals surface area contributed by atoms with Crippen molar-refractivity contribution in [1.82, 2.24) is 16.0 Å². The van der Waals surface area contributed by atoms with Gasteiger partial charge < -0.3 is 20.7 Å². The van der Waals surface area contributed by atoms with Crippen LogP contribution in [0.4, 0.5) is 0 Å². The summed E-state index contributed by atoms with van der Waals surface area (Å²) in [6, 6.07) is 7.54. The second kappa shape index (κ2) is 12.4. The molecule has 0 radical (unpaired) electrons. The van der Waals surface area contributed by atoms with Crippen molar-refractivity contribution < 1.29 is 9.53 Å². The van der Waals surface area contributed by atoms with Crippen LogP contribution in [-0.4, -0.2) is 45.7 Å². The molecule has 1 rings (SSSR count). The standard InChI is InChI=1S/C18H30N4O2/c1-4-5-11-24-12-7-10-21-18(20-3)22-14-15-8-6-9-16(13-15)17(23)19-2/h6,8-9,13H,4-5,7,10-12,14H2,1-3H3,(H,19,23)(H2,20,21,22). The number of unbranched alkanes of at least 4 members (excludes halogenated alkanes) is 1. The van der Waals surface area contributed by atoms with Gasteiger partial charge in [-0.15, -0.1) is 0 Å². The fourth-order valence-corrected chi connectivity index (χ4v) is 2.10. The van der Waals surface area contributed by atoms with E-state index < -0.39 is 0 Å². The molecule has 134 valence electrons. The molecule has 0 atom stereocenters. The molecule has 6 heteroatoms. The molecule has 0 aromatic heterocycles. The van der Waals surface area contributed by atoms with Gasteiger partial charge >= 0.3 is 0 Å². The van der Waals surface area contributed by atoms with Crippen molar-refractivity contribution >= 4 is 11.9 Å². The van der Waals surface area contributed by atoms with Gasteiger partial charge in [0.25, 0.3) is 5.91 Å². The van der Waals surface area contributed by atoms with Crippen LogP contribution < -0.4 is 16.0 Å². The lowest BCUT2D eigenvalue weighted by Crippen LogP contribution is -2.37. The molecule has 24 heavy (non-hydrogen) atoms. The monoisotopic (exact) mass is 334 g/mol. The lowest BCUT2D eigenvalue weighted by molar-refractivity contribution is 0.0963. The van der Waals surface area contributed by atoms with Gasteiger partial charge in [-0.3, -0.25) is 9.79 Å². The van der Waals surface area contributed by atoms with Crippen molar-refractivity contribution in [3.8, 4) is 0 Å². The van der Waals surface area contributed by atoms with Gasteiger partial charge in [-0.2, -0.15) is 0 Å². The van der Waals surface area contributed by atoms with Gasteiger partial charge in [0, 0.05) is 46.0 Å². The molecule has 1 aromatic carbocycles. The number of nitrogens with zero attached hydrogens (tertiary/aromatic N) is 1. The summed E-state index contributed by atoms with van der Waals surface area (Å²) >= 11 is 0. The average Bonchev–Trinajstić information content (AvgIpc) is 2.63. The van der Waals surface area contributed by atoms with Gasteiger partial charge in [-0.05, 0) is 30.5 Å². The Hall–Kier alpha value is -2.08. The van der Waals surface area contributed by atoms with Crippen LogP contribution in [0.5, 0.6) is 0 Å². The third-order valence-electron chi connectivity index (χ3n) is 3.50. The number of carbonyl (C=O) groups is 1. The van der Waals surface area contributed by atoms with E-state index in [1.807, 2.05) is 18.2 Å². The molecule has 3 N–H and O–H groups in total. The number of amides is 1. The van der Waals surface area contributed by atoms with E-state index in [1.54, 1.807) is 20.2 Å². The largest absolute Gasteiger partial charge is 0.381 e. The molecule has 0 unspecified atom stereocenters. The SMILES string of the molecule is CCCCOCCCNC(=NC)NCc1cccc(C(=O)NC)c1. The van der Waals surface area contributed by atoms with Gasteiger partial charge in [0.1, 0.15) is 0 Å². The molecule has 0 saturated heterocycles. The number of aliphatic imine (C=N–C) groups is 1. The van der Waals surface area contributed by atoms with Crippen molar-refractivity contribution in [2.24, 2.45) is 4.99 Å². The first-order valence-corrected chi connectivity index (χ1v) is 8.54. The van der Waals surface area contributed by atoms with Gasteiger partial charge in [0.05, 0.1) is 0 Å². The first-order valence-electron chi connectivity index (χ1n) is 8.54. The fourth-order valence-electron chi connectivity index (χ4n) is 2.10. The molecule has 0 aliphatic rings.